The molecule has 3 heterocycles. The summed E-state index contributed by atoms with van der Waals surface area (Å²) in [6.07, 6.45) is 1.94. The van der Waals surface area contributed by atoms with Crippen molar-refractivity contribution < 1.29 is 4.74 Å². The van der Waals surface area contributed by atoms with E-state index in [1.165, 1.54) is 44.4 Å². The zero-order chi connectivity index (χ0) is 38.0. The Balaban J connectivity index is 1.23. The summed E-state index contributed by atoms with van der Waals surface area (Å²) in [5, 5.41) is 2.40. The molecular weight excluding hydrogens is 661 g/mol. The summed E-state index contributed by atoms with van der Waals surface area (Å²) in [6.45, 7) is 22.0. The van der Waals surface area contributed by atoms with Crippen molar-refractivity contribution in [2.24, 2.45) is 0 Å². The molecule has 1 aliphatic heterocycles. The summed E-state index contributed by atoms with van der Waals surface area (Å²) in [6, 6.07) is 43.9. The predicted molar refractivity (Wildman–Crippen MR) is 227 cm³/mol. The number of nitrogens with zero attached hydrogens (tertiary/aromatic N) is 4. The topological polar surface area (TPSA) is 33.5 Å². The summed E-state index contributed by atoms with van der Waals surface area (Å²) in [4.78, 5) is 9.81. The maximum atomic E-state index is 6.90. The van der Waals surface area contributed by atoms with Crippen molar-refractivity contribution in [3.63, 3.8) is 0 Å². The molecule has 2 aromatic heterocycles. The highest BCUT2D eigenvalue weighted by Crippen LogP contribution is 2.44. The van der Waals surface area contributed by atoms with E-state index in [4.69, 9.17) is 9.72 Å². The van der Waals surface area contributed by atoms with Crippen molar-refractivity contribution in [1.29, 1.82) is 0 Å². The van der Waals surface area contributed by atoms with Crippen LogP contribution in [0.3, 0.4) is 0 Å². The Morgan fingerprint density at radius 1 is 0.556 bits per heavy atom. The Morgan fingerprint density at radius 2 is 1.24 bits per heavy atom. The summed E-state index contributed by atoms with van der Waals surface area (Å²) < 4.78 is 9.21. The number of rotatable bonds is 6. The third kappa shape index (κ3) is 6.72. The molecule has 0 unspecified atom stereocenters. The highest BCUT2D eigenvalue weighted by Gasteiger charge is 2.29. The number of benzene rings is 5. The second kappa shape index (κ2) is 13.1. The van der Waals surface area contributed by atoms with Gasteiger partial charge in [0, 0.05) is 41.3 Å². The molecule has 5 aromatic carbocycles. The number of para-hydroxylation sites is 2. The van der Waals surface area contributed by atoms with Gasteiger partial charge in [0.1, 0.15) is 17.3 Å². The average molecular weight is 713 g/mol. The highest BCUT2D eigenvalue weighted by atomic mass is 16.5. The van der Waals surface area contributed by atoms with Crippen LogP contribution in [0, 0.1) is 0 Å². The summed E-state index contributed by atoms with van der Waals surface area (Å²) in [5.41, 5.74) is 10.8. The summed E-state index contributed by atoms with van der Waals surface area (Å²) in [7, 11) is 0. The van der Waals surface area contributed by atoms with Gasteiger partial charge in [-0.05, 0) is 99.2 Å². The molecule has 0 saturated heterocycles. The van der Waals surface area contributed by atoms with Crippen molar-refractivity contribution in [3.8, 4) is 17.3 Å². The molecule has 0 spiro atoms. The number of ether oxygens (including phenoxy) is 1. The number of aromatic nitrogens is 2. The second-order valence-corrected chi connectivity index (χ2v) is 18.0. The van der Waals surface area contributed by atoms with Crippen LogP contribution in [0.2, 0.25) is 0 Å². The third-order valence-electron chi connectivity index (χ3n) is 10.8. The lowest BCUT2D eigenvalue weighted by Gasteiger charge is -2.26. The molecule has 0 aliphatic carbocycles. The van der Waals surface area contributed by atoms with E-state index in [2.05, 4.69) is 198 Å². The Kier molecular flexibility index (Phi) is 8.60. The molecule has 5 heteroatoms. The van der Waals surface area contributed by atoms with Crippen molar-refractivity contribution in [2.45, 2.75) is 85.1 Å². The van der Waals surface area contributed by atoms with Gasteiger partial charge in [0.2, 0.25) is 0 Å². The molecule has 0 radical (unpaired) electrons. The predicted octanol–water partition coefficient (Wildman–Crippen LogP) is 13.0. The molecule has 0 fully saturated rings. The number of anilines is 3. The first-order valence-electron chi connectivity index (χ1n) is 19.2. The highest BCUT2D eigenvalue weighted by molar-refractivity contribution is 6.09. The minimum Gasteiger partial charge on any atom is -0.457 e. The number of fused-ring (bicyclic) bond motifs is 4. The normalized spacial score (nSPS) is 13.6. The molecule has 1 aliphatic rings. The Hall–Kier alpha value is -5.55. The molecule has 0 atom stereocenters. The van der Waals surface area contributed by atoms with E-state index in [-0.39, 0.29) is 16.2 Å². The van der Waals surface area contributed by atoms with Crippen LogP contribution in [0.5, 0.6) is 11.5 Å². The van der Waals surface area contributed by atoms with Gasteiger partial charge in [-0.3, -0.25) is 4.57 Å². The number of hydrogen-bond donors (Lipinski definition) is 0. The van der Waals surface area contributed by atoms with Crippen LogP contribution in [-0.2, 0) is 22.8 Å². The van der Waals surface area contributed by atoms with Crippen molar-refractivity contribution in [2.75, 3.05) is 16.5 Å². The number of hydrogen-bond acceptors (Lipinski definition) is 4. The van der Waals surface area contributed by atoms with E-state index in [1.54, 1.807) is 0 Å². The standard InChI is InChI=1S/C49H52N4O/c1-47(2,3)34-19-22-42-41(27-34)40-21-20-38(30-45(40)53(42)46-28-35(23-24-50-46)48(4,5)6)54-39-26-36(49(7,8)9)25-37(29-39)52-32-51(31-33-15-11-10-12-16-33)43-17-13-14-18-44(43)52/h10-30H,31-32H2,1-9H3. The first-order valence-corrected chi connectivity index (χ1v) is 19.2. The molecule has 5 nitrogen and oxygen atoms in total. The van der Waals surface area contributed by atoms with Gasteiger partial charge < -0.3 is 14.5 Å². The van der Waals surface area contributed by atoms with Crippen LogP contribution < -0.4 is 14.5 Å². The fourth-order valence-electron chi connectivity index (χ4n) is 7.59. The maximum Gasteiger partial charge on any atom is 0.137 e. The van der Waals surface area contributed by atoms with E-state index >= 15 is 0 Å². The monoisotopic (exact) mass is 712 g/mol. The van der Waals surface area contributed by atoms with Crippen molar-refractivity contribution >= 4 is 38.9 Å². The van der Waals surface area contributed by atoms with Gasteiger partial charge in [-0.15, -0.1) is 0 Å². The summed E-state index contributed by atoms with van der Waals surface area (Å²) >= 11 is 0. The van der Waals surface area contributed by atoms with E-state index in [9.17, 15) is 0 Å². The zero-order valence-corrected chi connectivity index (χ0v) is 33.2. The lowest BCUT2D eigenvalue weighted by Crippen LogP contribution is -2.27. The van der Waals surface area contributed by atoms with Gasteiger partial charge in [0.25, 0.3) is 0 Å². The fraction of sp³-hybridized carbons (Fsp3) is 0.286. The van der Waals surface area contributed by atoms with Crippen LogP contribution in [-0.4, -0.2) is 16.2 Å². The van der Waals surface area contributed by atoms with E-state index < -0.39 is 0 Å². The van der Waals surface area contributed by atoms with Crippen molar-refractivity contribution in [1.82, 2.24) is 9.55 Å². The van der Waals surface area contributed by atoms with E-state index in [0.717, 1.165) is 47.3 Å². The van der Waals surface area contributed by atoms with Crippen molar-refractivity contribution in [3.05, 3.63) is 150 Å². The fourth-order valence-corrected chi connectivity index (χ4v) is 7.59. The summed E-state index contributed by atoms with van der Waals surface area (Å²) in [5.74, 6) is 2.52. The molecule has 0 N–H and O–H groups in total. The van der Waals surface area contributed by atoms with Crippen LogP contribution >= 0.6 is 0 Å². The van der Waals surface area contributed by atoms with Crippen LogP contribution in [0.15, 0.2) is 128 Å². The zero-order valence-electron chi connectivity index (χ0n) is 33.2. The quantitative estimate of drug-likeness (QED) is 0.172. The minimum absolute atomic E-state index is 0.00562. The molecule has 0 saturated carbocycles. The van der Waals surface area contributed by atoms with Crippen LogP contribution in [0.25, 0.3) is 27.6 Å². The molecule has 8 rings (SSSR count). The van der Waals surface area contributed by atoms with E-state index in [0.29, 0.717) is 0 Å². The molecule has 0 bridgehead atoms. The Labute approximate surface area is 320 Å². The lowest BCUT2D eigenvalue weighted by molar-refractivity contribution is 0.479. The van der Waals surface area contributed by atoms with Gasteiger partial charge in [-0.1, -0.05) is 111 Å². The SMILES string of the molecule is CC(C)(C)c1cc(Oc2ccc3c4cc(C(C)(C)C)ccc4n(-c4cc(C(C)(C)C)ccn4)c3c2)cc(N2CN(Cc3ccccc3)c3ccccc32)c1. The van der Waals surface area contributed by atoms with Gasteiger partial charge in [0.15, 0.2) is 0 Å². The second-order valence-electron chi connectivity index (χ2n) is 18.0. The first kappa shape index (κ1) is 35.5. The van der Waals surface area contributed by atoms with Crippen LogP contribution in [0.4, 0.5) is 17.1 Å². The van der Waals surface area contributed by atoms with E-state index in [1.807, 2.05) is 6.20 Å². The van der Waals surface area contributed by atoms with Gasteiger partial charge in [-0.2, -0.15) is 0 Å². The average Bonchev–Trinajstić information content (AvgIpc) is 3.66. The maximum absolute atomic E-state index is 6.90. The van der Waals surface area contributed by atoms with Gasteiger partial charge in [0.05, 0.1) is 29.1 Å². The van der Waals surface area contributed by atoms with Crippen LogP contribution in [0.1, 0.15) is 84.6 Å². The molecule has 0 amide bonds. The molecular formula is C49H52N4O. The minimum atomic E-state index is -0.0814. The molecule has 54 heavy (non-hydrogen) atoms. The van der Waals surface area contributed by atoms with Gasteiger partial charge >= 0.3 is 0 Å². The third-order valence-corrected chi connectivity index (χ3v) is 10.8. The first-order chi connectivity index (χ1) is 25.6. The largest absolute Gasteiger partial charge is 0.457 e. The Morgan fingerprint density at radius 3 is 1.96 bits per heavy atom. The lowest BCUT2D eigenvalue weighted by atomic mass is 9.86. The smallest absolute Gasteiger partial charge is 0.137 e. The number of pyridine rings is 1. The van der Waals surface area contributed by atoms with Gasteiger partial charge in [-0.25, -0.2) is 4.98 Å². The molecule has 7 aromatic rings. The Bertz CT molecular complexity index is 2490. The molecule has 274 valence electrons.